The number of aryl methyl sites for hydroxylation is 1. The molecule has 2 aromatic heterocycles. The van der Waals surface area contributed by atoms with Crippen molar-refractivity contribution < 1.29 is 14.3 Å². The van der Waals surface area contributed by atoms with Gasteiger partial charge in [0.2, 0.25) is 5.91 Å². The van der Waals surface area contributed by atoms with E-state index in [1.807, 2.05) is 54.3 Å². The number of aromatic nitrogens is 3. The average Bonchev–Trinajstić information content (AvgIpc) is 3.19. The molecular formula is C16H25N5O3. The van der Waals surface area contributed by atoms with Crippen LogP contribution in [0, 0.1) is 0 Å². The predicted molar refractivity (Wildman–Crippen MR) is 89.7 cm³/mol. The summed E-state index contributed by atoms with van der Waals surface area (Å²) in [6.45, 7) is 1.20. The summed E-state index contributed by atoms with van der Waals surface area (Å²) in [5.41, 5.74) is 0.955. The summed E-state index contributed by atoms with van der Waals surface area (Å²) in [6, 6.07) is 3.88. The van der Waals surface area contributed by atoms with Gasteiger partial charge in [0.1, 0.15) is 0 Å². The lowest BCUT2D eigenvalue weighted by atomic mass is 10.3. The number of methoxy groups -OCH3 is 2. The van der Waals surface area contributed by atoms with Crippen molar-refractivity contribution in [1.82, 2.24) is 24.6 Å². The zero-order valence-electron chi connectivity index (χ0n) is 14.6. The molecule has 0 radical (unpaired) electrons. The van der Waals surface area contributed by atoms with Gasteiger partial charge in [-0.2, -0.15) is 5.10 Å². The average molecular weight is 335 g/mol. The topological polar surface area (TPSA) is 73.5 Å². The second-order valence-electron chi connectivity index (χ2n) is 5.62. The van der Waals surface area contributed by atoms with Crippen LogP contribution in [-0.4, -0.2) is 65.8 Å². The molecule has 1 amide bonds. The minimum Gasteiger partial charge on any atom is -0.355 e. The van der Waals surface area contributed by atoms with Gasteiger partial charge in [0.05, 0.1) is 6.54 Å². The highest BCUT2D eigenvalue weighted by molar-refractivity contribution is 5.78. The number of amides is 1. The van der Waals surface area contributed by atoms with Crippen LogP contribution in [0.15, 0.2) is 30.7 Å². The summed E-state index contributed by atoms with van der Waals surface area (Å²) in [5.74, 6) is 0.751. The van der Waals surface area contributed by atoms with Crippen molar-refractivity contribution in [3.05, 3.63) is 36.3 Å². The maximum atomic E-state index is 12.1. The van der Waals surface area contributed by atoms with E-state index in [-0.39, 0.29) is 18.7 Å². The number of carbonyl (C=O) groups is 1. The largest absolute Gasteiger partial charge is 0.355 e. The summed E-state index contributed by atoms with van der Waals surface area (Å²) in [5, 5.41) is 7.36. The fourth-order valence-electron chi connectivity index (χ4n) is 2.40. The summed E-state index contributed by atoms with van der Waals surface area (Å²) in [4.78, 5) is 14.0. The van der Waals surface area contributed by atoms with Crippen molar-refractivity contribution in [2.24, 2.45) is 7.05 Å². The van der Waals surface area contributed by atoms with E-state index in [1.165, 1.54) is 0 Å². The van der Waals surface area contributed by atoms with Crippen LogP contribution in [-0.2, 0) is 27.9 Å². The van der Waals surface area contributed by atoms with Crippen LogP contribution >= 0.6 is 0 Å². The maximum absolute atomic E-state index is 12.1. The molecular weight excluding hydrogens is 310 g/mol. The lowest BCUT2D eigenvalue weighted by Gasteiger charge is -2.21. The van der Waals surface area contributed by atoms with Gasteiger partial charge in [0, 0.05) is 58.5 Å². The molecule has 0 spiro atoms. The molecule has 0 saturated heterocycles. The van der Waals surface area contributed by atoms with Crippen LogP contribution in [0.3, 0.4) is 0 Å². The van der Waals surface area contributed by atoms with E-state index in [0.717, 1.165) is 11.4 Å². The first kappa shape index (κ1) is 18.2. The van der Waals surface area contributed by atoms with Crippen LogP contribution in [0.25, 0.3) is 5.82 Å². The molecule has 0 unspecified atom stereocenters. The van der Waals surface area contributed by atoms with Crippen LogP contribution < -0.4 is 5.32 Å². The molecule has 8 heteroatoms. The van der Waals surface area contributed by atoms with Crippen molar-refractivity contribution in [3.63, 3.8) is 0 Å². The predicted octanol–water partition coefficient (Wildman–Crippen LogP) is 0.378. The highest BCUT2D eigenvalue weighted by Gasteiger charge is 2.14. The van der Waals surface area contributed by atoms with Crippen molar-refractivity contribution in [3.8, 4) is 5.82 Å². The summed E-state index contributed by atoms with van der Waals surface area (Å²) in [7, 11) is 6.86. The monoisotopic (exact) mass is 335 g/mol. The Hall–Kier alpha value is -2.16. The Balaban J connectivity index is 1.88. The molecule has 2 heterocycles. The zero-order valence-corrected chi connectivity index (χ0v) is 14.6. The zero-order chi connectivity index (χ0) is 17.5. The molecule has 1 N–H and O–H groups in total. The van der Waals surface area contributed by atoms with E-state index < -0.39 is 0 Å². The number of hydrogen-bond acceptors (Lipinski definition) is 5. The minimum atomic E-state index is -0.346. The summed E-state index contributed by atoms with van der Waals surface area (Å²) < 4.78 is 13.9. The molecule has 0 aliphatic rings. The van der Waals surface area contributed by atoms with Gasteiger partial charge in [-0.25, -0.2) is 0 Å². The number of nitrogens with one attached hydrogen (secondary N) is 1. The molecule has 0 aliphatic carbocycles. The van der Waals surface area contributed by atoms with Crippen LogP contribution in [0.5, 0.6) is 0 Å². The van der Waals surface area contributed by atoms with Crippen molar-refractivity contribution >= 4 is 5.91 Å². The third-order valence-electron chi connectivity index (χ3n) is 3.61. The van der Waals surface area contributed by atoms with E-state index >= 15 is 0 Å². The van der Waals surface area contributed by atoms with Gasteiger partial charge in [0.25, 0.3) is 0 Å². The van der Waals surface area contributed by atoms with E-state index in [1.54, 1.807) is 18.9 Å². The Morgan fingerprint density at radius 1 is 1.33 bits per heavy atom. The smallest absolute Gasteiger partial charge is 0.234 e. The minimum absolute atomic E-state index is 0.0641. The Labute approximate surface area is 141 Å². The van der Waals surface area contributed by atoms with Gasteiger partial charge in [0.15, 0.2) is 12.1 Å². The third-order valence-corrected chi connectivity index (χ3v) is 3.61. The highest BCUT2D eigenvalue weighted by Crippen LogP contribution is 2.12. The summed E-state index contributed by atoms with van der Waals surface area (Å²) >= 11 is 0. The van der Waals surface area contributed by atoms with E-state index in [2.05, 4.69) is 10.4 Å². The lowest BCUT2D eigenvalue weighted by Crippen LogP contribution is -2.39. The second-order valence-corrected chi connectivity index (χ2v) is 5.62. The van der Waals surface area contributed by atoms with Gasteiger partial charge < -0.3 is 19.4 Å². The number of carbonyl (C=O) groups excluding carboxylic acids is 1. The van der Waals surface area contributed by atoms with Crippen molar-refractivity contribution in [1.29, 1.82) is 0 Å². The molecule has 8 nitrogen and oxygen atoms in total. The maximum Gasteiger partial charge on any atom is 0.234 e. The molecule has 0 saturated carbocycles. The van der Waals surface area contributed by atoms with Gasteiger partial charge in [-0.3, -0.25) is 14.4 Å². The normalized spacial score (nSPS) is 11.4. The molecule has 2 rings (SSSR count). The quantitative estimate of drug-likeness (QED) is 0.671. The fourth-order valence-corrected chi connectivity index (χ4v) is 2.40. The molecule has 2 aromatic rings. The second kappa shape index (κ2) is 8.62. The highest BCUT2D eigenvalue weighted by atomic mass is 16.7. The molecule has 24 heavy (non-hydrogen) atoms. The van der Waals surface area contributed by atoms with Gasteiger partial charge in [-0.15, -0.1) is 0 Å². The number of hydrogen-bond donors (Lipinski definition) is 1. The standard InChI is InChI=1S/C16H25N5O3/c1-19(12-15(23-3)24-4)11-14(22)17-9-13-10-20(2)18-16(13)21-7-5-6-8-21/h5-8,10,15H,9,11-12H2,1-4H3,(H,17,22). The first-order chi connectivity index (χ1) is 11.5. The Morgan fingerprint density at radius 2 is 2.00 bits per heavy atom. The van der Waals surface area contributed by atoms with Crippen molar-refractivity contribution in [2.45, 2.75) is 12.8 Å². The number of nitrogens with zero attached hydrogens (tertiary/aromatic N) is 4. The first-order valence-electron chi connectivity index (χ1n) is 7.70. The fraction of sp³-hybridized carbons (Fsp3) is 0.500. The SMILES string of the molecule is COC(CN(C)CC(=O)NCc1cn(C)nc1-n1cccc1)OC. The molecule has 0 bridgehead atoms. The Kier molecular flexibility index (Phi) is 6.53. The van der Waals surface area contributed by atoms with Crippen molar-refractivity contribution in [2.75, 3.05) is 34.4 Å². The molecule has 0 aliphatic heterocycles. The van der Waals surface area contributed by atoms with Crippen LogP contribution in [0.4, 0.5) is 0 Å². The van der Waals surface area contributed by atoms with Gasteiger partial charge in [-0.1, -0.05) is 0 Å². The molecule has 0 atom stereocenters. The number of rotatable bonds is 9. The van der Waals surface area contributed by atoms with Gasteiger partial charge in [-0.05, 0) is 19.2 Å². The molecule has 132 valence electrons. The van der Waals surface area contributed by atoms with E-state index in [4.69, 9.17) is 9.47 Å². The van der Waals surface area contributed by atoms with Crippen LogP contribution in [0.1, 0.15) is 5.56 Å². The summed E-state index contributed by atoms with van der Waals surface area (Å²) in [6.07, 6.45) is 5.42. The lowest BCUT2D eigenvalue weighted by molar-refractivity contribution is -0.128. The Morgan fingerprint density at radius 3 is 2.62 bits per heavy atom. The van der Waals surface area contributed by atoms with Gasteiger partial charge >= 0.3 is 0 Å². The van der Waals surface area contributed by atoms with E-state index in [0.29, 0.717) is 13.1 Å². The molecule has 0 fully saturated rings. The van der Waals surface area contributed by atoms with Crippen LogP contribution in [0.2, 0.25) is 0 Å². The number of likely N-dealkylation sites (N-methyl/N-ethyl adjacent to an activating group) is 1. The third kappa shape index (κ3) is 4.92. The van der Waals surface area contributed by atoms with E-state index in [9.17, 15) is 4.79 Å². The molecule has 0 aromatic carbocycles. The number of ether oxygens (including phenoxy) is 2. The first-order valence-corrected chi connectivity index (χ1v) is 7.70. The Bertz CT molecular complexity index is 634.